The van der Waals surface area contributed by atoms with Crippen LogP contribution in [0.5, 0.6) is 0 Å². The zero-order valence-electron chi connectivity index (χ0n) is 9.36. The van der Waals surface area contributed by atoms with E-state index in [9.17, 15) is 0 Å². The summed E-state index contributed by atoms with van der Waals surface area (Å²) in [4.78, 5) is 7.97. The largest absolute Gasteiger partial charge is 0.244 e. The van der Waals surface area contributed by atoms with E-state index in [1.54, 1.807) is 6.33 Å². The summed E-state index contributed by atoms with van der Waals surface area (Å²) >= 11 is 0. The van der Waals surface area contributed by atoms with Crippen LogP contribution < -0.4 is 0 Å². The summed E-state index contributed by atoms with van der Waals surface area (Å²) in [6, 6.07) is 7.91. The molecule has 0 unspecified atom stereocenters. The van der Waals surface area contributed by atoms with E-state index in [2.05, 4.69) is 9.97 Å². The molecule has 0 N–H and O–H groups in total. The SMILES string of the molecule is CC.CC.c1ccc2ncncc2c1. The number of aromatic nitrogens is 2. The molecule has 0 aliphatic heterocycles. The number of hydrogen-bond acceptors (Lipinski definition) is 2. The van der Waals surface area contributed by atoms with Crippen LogP contribution in [0.3, 0.4) is 0 Å². The van der Waals surface area contributed by atoms with Gasteiger partial charge in [0, 0.05) is 11.6 Å². The van der Waals surface area contributed by atoms with Crippen molar-refractivity contribution in [2.45, 2.75) is 27.7 Å². The van der Waals surface area contributed by atoms with E-state index in [1.807, 2.05) is 58.2 Å². The Morgan fingerprint density at radius 3 is 2.21 bits per heavy atom. The van der Waals surface area contributed by atoms with Crippen molar-refractivity contribution in [1.29, 1.82) is 0 Å². The molecule has 0 bridgehead atoms. The lowest BCUT2D eigenvalue weighted by Gasteiger charge is -1.90. The van der Waals surface area contributed by atoms with Crippen molar-refractivity contribution in [2.24, 2.45) is 0 Å². The second-order valence-electron chi connectivity index (χ2n) is 2.08. The minimum absolute atomic E-state index is 0.998. The molecule has 2 aromatic rings. The third-order valence-corrected chi connectivity index (χ3v) is 1.41. The van der Waals surface area contributed by atoms with Crippen LogP contribution in [-0.4, -0.2) is 9.97 Å². The van der Waals surface area contributed by atoms with Gasteiger partial charge >= 0.3 is 0 Å². The molecule has 0 aliphatic rings. The normalized spacial score (nSPS) is 8.00. The van der Waals surface area contributed by atoms with Crippen LogP contribution in [0.2, 0.25) is 0 Å². The Morgan fingerprint density at radius 1 is 0.929 bits per heavy atom. The first-order valence-electron chi connectivity index (χ1n) is 5.11. The molecule has 0 fully saturated rings. The third-order valence-electron chi connectivity index (χ3n) is 1.41. The minimum Gasteiger partial charge on any atom is -0.244 e. The first-order chi connectivity index (χ1) is 6.97. The second-order valence-corrected chi connectivity index (χ2v) is 2.08. The summed E-state index contributed by atoms with van der Waals surface area (Å²) in [6.07, 6.45) is 3.37. The van der Waals surface area contributed by atoms with Crippen LogP contribution in [-0.2, 0) is 0 Å². The maximum Gasteiger partial charge on any atom is 0.116 e. The molecule has 1 aromatic carbocycles. The van der Waals surface area contributed by atoms with Crippen LogP contribution in [0.25, 0.3) is 10.9 Å². The van der Waals surface area contributed by atoms with E-state index in [0.717, 1.165) is 10.9 Å². The summed E-state index contributed by atoms with van der Waals surface area (Å²) in [5, 5.41) is 1.09. The Balaban J connectivity index is 0.000000379. The van der Waals surface area contributed by atoms with Gasteiger partial charge in [0.25, 0.3) is 0 Å². The number of para-hydroxylation sites is 1. The Morgan fingerprint density at radius 2 is 1.57 bits per heavy atom. The van der Waals surface area contributed by atoms with E-state index in [4.69, 9.17) is 0 Å². The van der Waals surface area contributed by atoms with E-state index in [-0.39, 0.29) is 0 Å². The maximum absolute atomic E-state index is 4.07. The standard InChI is InChI=1S/C8H6N2.2C2H6/c1-2-4-8-7(3-1)5-9-6-10-8;2*1-2/h1-6H;2*1-2H3. The van der Waals surface area contributed by atoms with Crippen LogP contribution >= 0.6 is 0 Å². The predicted molar refractivity (Wildman–Crippen MR) is 62.2 cm³/mol. The average molecular weight is 190 g/mol. The van der Waals surface area contributed by atoms with Gasteiger partial charge in [0.2, 0.25) is 0 Å². The minimum atomic E-state index is 0.998. The molecule has 1 heterocycles. The van der Waals surface area contributed by atoms with Crippen molar-refractivity contribution in [3.8, 4) is 0 Å². The van der Waals surface area contributed by atoms with Crippen LogP contribution in [0.4, 0.5) is 0 Å². The zero-order chi connectivity index (χ0) is 10.8. The third kappa shape index (κ3) is 3.52. The fraction of sp³-hybridized carbons (Fsp3) is 0.333. The highest BCUT2D eigenvalue weighted by Gasteiger charge is 1.87. The molecule has 76 valence electrons. The summed E-state index contributed by atoms with van der Waals surface area (Å²) in [5.74, 6) is 0. The van der Waals surface area contributed by atoms with Crippen LogP contribution in [0.1, 0.15) is 27.7 Å². The van der Waals surface area contributed by atoms with Gasteiger partial charge in [-0.1, -0.05) is 45.9 Å². The number of fused-ring (bicyclic) bond motifs is 1. The van der Waals surface area contributed by atoms with Gasteiger partial charge in [-0.15, -0.1) is 0 Å². The monoisotopic (exact) mass is 190 g/mol. The Kier molecular flexibility index (Phi) is 7.33. The van der Waals surface area contributed by atoms with Crippen LogP contribution in [0, 0.1) is 0 Å². The molecule has 0 atom stereocenters. The Hall–Kier alpha value is -1.44. The lowest BCUT2D eigenvalue weighted by molar-refractivity contribution is 1.22. The van der Waals surface area contributed by atoms with Gasteiger partial charge < -0.3 is 0 Å². The smallest absolute Gasteiger partial charge is 0.116 e. The molecule has 0 aliphatic carbocycles. The van der Waals surface area contributed by atoms with Gasteiger partial charge in [0.15, 0.2) is 0 Å². The quantitative estimate of drug-likeness (QED) is 0.633. The van der Waals surface area contributed by atoms with Gasteiger partial charge in [-0.25, -0.2) is 9.97 Å². The average Bonchev–Trinajstić information content (AvgIpc) is 2.34. The van der Waals surface area contributed by atoms with Gasteiger partial charge in [-0.3, -0.25) is 0 Å². The van der Waals surface area contributed by atoms with Gasteiger partial charge in [0.1, 0.15) is 6.33 Å². The van der Waals surface area contributed by atoms with E-state index in [1.165, 1.54) is 0 Å². The van der Waals surface area contributed by atoms with Gasteiger partial charge in [-0.2, -0.15) is 0 Å². The Bertz CT molecular complexity index is 279. The molecule has 0 radical (unpaired) electrons. The highest BCUT2D eigenvalue weighted by atomic mass is 14.8. The molecular weight excluding hydrogens is 172 g/mol. The summed E-state index contributed by atoms with van der Waals surface area (Å²) in [7, 11) is 0. The molecule has 1 aromatic heterocycles. The first kappa shape index (κ1) is 12.6. The maximum atomic E-state index is 4.07. The van der Waals surface area contributed by atoms with E-state index >= 15 is 0 Å². The molecule has 2 heteroatoms. The first-order valence-corrected chi connectivity index (χ1v) is 5.11. The summed E-state index contributed by atoms with van der Waals surface area (Å²) < 4.78 is 0. The van der Waals surface area contributed by atoms with Crippen molar-refractivity contribution >= 4 is 10.9 Å². The number of rotatable bonds is 0. The van der Waals surface area contributed by atoms with Crippen molar-refractivity contribution < 1.29 is 0 Å². The predicted octanol–water partition coefficient (Wildman–Crippen LogP) is 3.68. The Labute approximate surface area is 86.0 Å². The topological polar surface area (TPSA) is 25.8 Å². The molecule has 0 saturated heterocycles. The van der Waals surface area contributed by atoms with E-state index < -0.39 is 0 Å². The zero-order valence-corrected chi connectivity index (χ0v) is 9.36. The molecule has 0 spiro atoms. The second kappa shape index (κ2) is 8.17. The number of nitrogens with zero attached hydrogens (tertiary/aromatic N) is 2. The fourth-order valence-electron chi connectivity index (χ4n) is 0.923. The highest BCUT2D eigenvalue weighted by molar-refractivity contribution is 5.76. The van der Waals surface area contributed by atoms with Crippen molar-refractivity contribution in [3.63, 3.8) is 0 Å². The number of hydrogen-bond donors (Lipinski definition) is 0. The highest BCUT2D eigenvalue weighted by Crippen LogP contribution is 2.06. The molecule has 2 nitrogen and oxygen atoms in total. The van der Waals surface area contributed by atoms with Gasteiger partial charge in [0.05, 0.1) is 5.52 Å². The molecular formula is C12H18N2. The summed E-state index contributed by atoms with van der Waals surface area (Å²) in [5.41, 5.74) is 0.998. The van der Waals surface area contributed by atoms with Crippen molar-refractivity contribution in [1.82, 2.24) is 9.97 Å². The van der Waals surface area contributed by atoms with Crippen molar-refractivity contribution in [2.75, 3.05) is 0 Å². The molecule has 0 amide bonds. The molecule has 14 heavy (non-hydrogen) atoms. The lowest BCUT2D eigenvalue weighted by Crippen LogP contribution is -1.77. The van der Waals surface area contributed by atoms with Crippen LogP contribution in [0.15, 0.2) is 36.8 Å². The molecule has 0 saturated carbocycles. The fourth-order valence-corrected chi connectivity index (χ4v) is 0.923. The summed E-state index contributed by atoms with van der Waals surface area (Å²) in [6.45, 7) is 8.00. The lowest BCUT2D eigenvalue weighted by atomic mass is 10.2. The molecule has 2 rings (SSSR count). The van der Waals surface area contributed by atoms with Gasteiger partial charge in [-0.05, 0) is 6.07 Å². The van der Waals surface area contributed by atoms with E-state index in [0.29, 0.717) is 0 Å². The van der Waals surface area contributed by atoms with Crippen molar-refractivity contribution in [3.05, 3.63) is 36.8 Å². The number of benzene rings is 1.